The number of hydrogen-bond donors (Lipinski definition) is 3. The number of nitrogens with one attached hydrogen (secondary N) is 1. The minimum Gasteiger partial charge on any atom is -0.480 e. The smallest absolute Gasteiger partial charge is 0.326 e. The van der Waals surface area contributed by atoms with E-state index in [4.69, 9.17) is 10.5 Å². The molecular formula is C40H74N2O5. The minimum absolute atomic E-state index is 0.0498. The van der Waals surface area contributed by atoms with Crippen LogP contribution in [-0.4, -0.2) is 41.6 Å². The standard InChI is InChI=1S/C40H74N2O5/c1-3-5-7-8-9-10-11-12-13-14-15-16-17-18-19-20-21-22-23-24-28-34-39(44)47-36(30-6-4-2)31-26-25-27-33-38(43)42-37(40(45)46)32-29-35-41/h11-12,14-15,36-37H,3-10,13,16-35,41H2,1-2H3,(H,42,43)(H,45,46)/b12-11-,15-14-. The molecule has 1 amide bonds. The first-order valence-electron chi connectivity index (χ1n) is 19.7. The Morgan fingerprint density at radius 3 is 1.70 bits per heavy atom. The van der Waals surface area contributed by atoms with Crippen LogP contribution >= 0.6 is 0 Å². The maximum atomic E-state index is 12.5. The average molecular weight is 663 g/mol. The quantitative estimate of drug-likeness (QED) is 0.0353. The number of unbranched alkanes of at least 4 members (excludes halogenated alkanes) is 17. The number of esters is 1. The molecule has 0 fully saturated rings. The average Bonchev–Trinajstić information content (AvgIpc) is 3.05. The highest BCUT2D eigenvalue weighted by Gasteiger charge is 2.19. The number of aliphatic carboxylic acids is 1. The van der Waals surface area contributed by atoms with Crippen LogP contribution in [0.3, 0.4) is 0 Å². The van der Waals surface area contributed by atoms with Crippen molar-refractivity contribution in [3.8, 4) is 0 Å². The number of amides is 1. The fourth-order valence-electron chi connectivity index (χ4n) is 5.76. The Morgan fingerprint density at radius 2 is 1.13 bits per heavy atom. The van der Waals surface area contributed by atoms with Gasteiger partial charge in [-0.1, -0.05) is 128 Å². The van der Waals surface area contributed by atoms with E-state index in [1.807, 2.05) is 0 Å². The van der Waals surface area contributed by atoms with Crippen molar-refractivity contribution in [1.82, 2.24) is 5.32 Å². The van der Waals surface area contributed by atoms with Crippen LogP contribution in [0.15, 0.2) is 24.3 Å². The zero-order valence-electron chi connectivity index (χ0n) is 30.6. The number of carbonyl (C=O) groups excluding carboxylic acids is 2. The van der Waals surface area contributed by atoms with Gasteiger partial charge in [-0.2, -0.15) is 0 Å². The molecule has 0 rings (SSSR count). The highest BCUT2D eigenvalue weighted by molar-refractivity contribution is 5.83. The monoisotopic (exact) mass is 663 g/mol. The molecule has 0 heterocycles. The first-order chi connectivity index (χ1) is 22.9. The summed E-state index contributed by atoms with van der Waals surface area (Å²) in [7, 11) is 0. The topological polar surface area (TPSA) is 119 Å². The molecule has 47 heavy (non-hydrogen) atoms. The number of carboxylic acid groups (broad SMARTS) is 1. The van der Waals surface area contributed by atoms with Crippen molar-refractivity contribution in [2.24, 2.45) is 5.73 Å². The van der Waals surface area contributed by atoms with Gasteiger partial charge in [-0.25, -0.2) is 4.79 Å². The Hall–Kier alpha value is -2.15. The van der Waals surface area contributed by atoms with Gasteiger partial charge in [-0.15, -0.1) is 0 Å². The van der Waals surface area contributed by atoms with E-state index in [-0.39, 0.29) is 18.0 Å². The number of hydrogen-bond acceptors (Lipinski definition) is 5. The van der Waals surface area contributed by atoms with Crippen LogP contribution in [0.5, 0.6) is 0 Å². The molecule has 0 spiro atoms. The van der Waals surface area contributed by atoms with E-state index < -0.39 is 12.0 Å². The molecule has 0 aliphatic heterocycles. The van der Waals surface area contributed by atoms with Crippen molar-refractivity contribution in [3.63, 3.8) is 0 Å². The van der Waals surface area contributed by atoms with Gasteiger partial charge in [-0.3, -0.25) is 9.59 Å². The molecule has 0 aromatic carbocycles. The lowest BCUT2D eigenvalue weighted by molar-refractivity contribution is -0.150. The second-order valence-corrected chi connectivity index (χ2v) is 13.3. The van der Waals surface area contributed by atoms with Gasteiger partial charge in [0.25, 0.3) is 0 Å². The van der Waals surface area contributed by atoms with Crippen molar-refractivity contribution in [2.45, 2.75) is 206 Å². The summed E-state index contributed by atoms with van der Waals surface area (Å²) in [5.41, 5.74) is 5.45. The normalized spacial score (nSPS) is 12.9. The third-order valence-corrected chi connectivity index (χ3v) is 8.77. The lowest BCUT2D eigenvalue weighted by atomic mass is 10.0. The third-order valence-electron chi connectivity index (χ3n) is 8.77. The Bertz CT molecular complexity index is 797. The van der Waals surface area contributed by atoms with Crippen molar-refractivity contribution in [1.29, 1.82) is 0 Å². The van der Waals surface area contributed by atoms with Crippen molar-refractivity contribution in [2.75, 3.05) is 6.54 Å². The number of allylic oxidation sites excluding steroid dienone is 4. The second-order valence-electron chi connectivity index (χ2n) is 13.3. The fraction of sp³-hybridized carbons (Fsp3) is 0.825. The summed E-state index contributed by atoms with van der Waals surface area (Å²) in [6.45, 7) is 4.81. The maximum Gasteiger partial charge on any atom is 0.326 e. The largest absolute Gasteiger partial charge is 0.480 e. The van der Waals surface area contributed by atoms with E-state index in [9.17, 15) is 19.5 Å². The van der Waals surface area contributed by atoms with Crippen LogP contribution < -0.4 is 11.1 Å². The Labute approximate surface area is 289 Å². The summed E-state index contributed by atoms with van der Waals surface area (Å²) in [4.78, 5) is 35.9. The van der Waals surface area contributed by atoms with Crippen LogP contribution in [0.2, 0.25) is 0 Å². The SMILES string of the molecule is CCCCCCC/C=C\C/C=C\CCCCCCCCCCCC(=O)OC(CCCC)CCCCCC(=O)NC(CCCN)C(=O)O. The Kier molecular flexibility index (Phi) is 33.6. The lowest BCUT2D eigenvalue weighted by Gasteiger charge is -2.18. The number of nitrogens with two attached hydrogens (primary N) is 1. The molecule has 2 unspecified atom stereocenters. The van der Waals surface area contributed by atoms with E-state index >= 15 is 0 Å². The zero-order chi connectivity index (χ0) is 34.6. The van der Waals surface area contributed by atoms with Gasteiger partial charge in [0.15, 0.2) is 0 Å². The van der Waals surface area contributed by atoms with Crippen LogP contribution in [0.25, 0.3) is 0 Å². The molecule has 7 heteroatoms. The molecule has 0 radical (unpaired) electrons. The van der Waals surface area contributed by atoms with Crippen LogP contribution in [0.4, 0.5) is 0 Å². The molecule has 7 nitrogen and oxygen atoms in total. The van der Waals surface area contributed by atoms with Crippen LogP contribution in [-0.2, 0) is 19.1 Å². The second kappa shape index (κ2) is 35.2. The molecule has 0 aromatic rings. The maximum absolute atomic E-state index is 12.5. The van der Waals surface area contributed by atoms with Crippen molar-refractivity contribution in [3.05, 3.63) is 24.3 Å². The summed E-state index contributed by atoms with van der Waals surface area (Å²) in [5.74, 6) is -1.33. The molecule has 4 N–H and O–H groups in total. The molecule has 0 aliphatic rings. The molecule has 0 saturated heterocycles. The van der Waals surface area contributed by atoms with Crippen molar-refractivity contribution < 1.29 is 24.2 Å². The summed E-state index contributed by atoms with van der Waals surface area (Å²) in [6.07, 6.45) is 38.5. The van der Waals surface area contributed by atoms with Crippen LogP contribution in [0, 0.1) is 0 Å². The summed E-state index contributed by atoms with van der Waals surface area (Å²) in [5, 5.41) is 11.9. The minimum atomic E-state index is -1.02. The third kappa shape index (κ3) is 32.2. The van der Waals surface area contributed by atoms with Gasteiger partial charge in [0.05, 0.1) is 0 Å². The Balaban J connectivity index is 3.80. The summed E-state index contributed by atoms with van der Waals surface area (Å²) >= 11 is 0. The van der Waals surface area contributed by atoms with Gasteiger partial charge < -0.3 is 20.9 Å². The molecule has 0 bridgehead atoms. The van der Waals surface area contributed by atoms with Gasteiger partial charge in [0.2, 0.25) is 5.91 Å². The predicted octanol–water partition coefficient (Wildman–Crippen LogP) is 10.5. The fourth-order valence-corrected chi connectivity index (χ4v) is 5.76. The highest BCUT2D eigenvalue weighted by Crippen LogP contribution is 2.17. The molecule has 274 valence electrons. The molecule has 0 aromatic heterocycles. The number of carbonyl (C=O) groups is 3. The number of ether oxygens (including phenoxy) is 1. The lowest BCUT2D eigenvalue weighted by Crippen LogP contribution is -2.40. The Morgan fingerprint density at radius 1 is 0.617 bits per heavy atom. The number of rotatable bonds is 35. The van der Waals surface area contributed by atoms with Crippen LogP contribution in [0.1, 0.15) is 194 Å². The first-order valence-corrected chi connectivity index (χ1v) is 19.7. The van der Waals surface area contributed by atoms with Gasteiger partial charge >= 0.3 is 11.9 Å². The molecule has 2 atom stereocenters. The molecule has 0 saturated carbocycles. The number of carboxylic acids is 1. The molecular weight excluding hydrogens is 588 g/mol. The van der Waals surface area contributed by atoms with E-state index in [0.717, 1.165) is 57.8 Å². The molecule has 0 aliphatic carbocycles. The zero-order valence-corrected chi connectivity index (χ0v) is 30.6. The summed E-state index contributed by atoms with van der Waals surface area (Å²) in [6, 6.07) is -0.871. The predicted molar refractivity (Wildman–Crippen MR) is 197 cm³/mol. The first kappa shape index (κ1) is 44.9. The van der Waals surface area contributed by atoms with E-state index in [1.54, 1.807) is 0 Å². The summed E-state index contributed by atoms with van der Waals surface area (Å²) < 4.78 is 5.84. The van der Waals surface area contributed by atoms with Gasteiger partial charge in [0, 0.05) is 12.8 Å². The van der Waals surface area contributed by atoms with E-state index in [1.165, 1.54) is 89.9 Å². The van der Waals surface area contributed by atoms with Crippen molar-refractivity contribution >= 4 is 17.8 Å². The van der Waals surface area contributed by atoms with Gasteiger partial charge in [-0.05, 0) is 83.6 Å². The van der Waals surface area contributed by atoms with E-state index in [0.29, 0.717) is 38.6 Å². The van der Waals surface area contributed by atoms with Gasteiger partial charge in [0.1, 0.15) is 12.1 Å². The van der Waals surface area contributed by atoms with E-state index in [2.05, 4.69) is 43.5 Å². The highest BCUT2D eigenvalue weighted by atomic mass is 16.5.